The van der Waals surface area contributed by atoms with E-state index in [1.165, 1.54) is 24.3 Å². The summed E-state index contributed by atoms with van der Waals surface area (Å²) in [6.45, 7) is -0.202. The molecule has 27 heavy (non-hydrogen) atoms. The van der Waals surface area contributed by atoms with Gasteiger partial charge in [0.2, 0.25) is 6.79 Å². The summed E-state index contributed by atoms with van der Waals surface area (Å²) in [5, 5.41) is 0. The molecule has 0 bridgehead atoms. The number of ether oxygens (including phenoxy) is 3. The summed E-state index contributed by atoms with van der Waals surface area (Å²) in [5.74, 6) is 0.433. The van der Waals surface area contributed by atoms with E-state index in [1.54, 1.807) is 6.07 Å². The van der Waals surface area contributed by atoms with E-state index in [9.17, 15) is 18.0 Å². The molecule has 2 aromatic carbocycles. The fourth-order valence-electron chi connectivity index (χ4n) is 2.53. The quantitative estimate of drug-likeness (QED) is 0.528. The topological polar surface area (TPSA) is 96.0 Å². The molecule has 1 heterocycles. The summed E-state index contributed by atoms with van der Waals surface area (Å²) in [5.41, 5.74) is 1.19. The second kappa shape index (κ2) is 7.79. The predicted molar refractivity (Wildman–Crippen MR) is 95.7 cm³/mol. The van der Waals surface area contributed by atoms with Gasteiger partial charge in [0.1, 0.15) is 0 Å². The molecular formula is C19H18O7S. The lowest BCUT2D eigenvalue weighted by molar-refractivity contribution is -0.142. The lowest BCUT2D eigenvalue weighted by Gasteiger charge is -2.06. The van der Waals surface area contributed by atoms with Gasteiger partial charge in [-0.1, -0.05) is 6.07 Å². The molecule has 0 atom stereocenters. The van der Waals surface area contributed by atoms with Crippen LogP contribution in [0.15, 0.2) is 47.4 Å². The van der Waals surface area contributed by atoms with Gasteiger partial charge in [-0.3, -0.25) is 9.59 Å². The molecule has 7 nitrogen and oxygen atoms in total. The van der Waals surface area contributed by atoms with Crippen molar-refractivity contribution in [1.29, 1.82) is 0 Å². The maximum Gasteiger partial charge on any atom is 0.306 e. The van der Waals surface area contributed by atoms with Crippen molar-refractivity contribution >= 4 is 21.6 Å². The van der Waals surface area contributed by atoms with Gasteiger partial charge in [0.25, 0.3) is 0 Å². The number of ketones is 1. The summed E-state index contributed by atoms with van der Waals surface area (Å²) in [7, 11) is -3.32. The first-order chi connectivity index (χ1) is 12.8. The Bertz CT molecular complexity index is 962. The van der Waals surface area contributed by atoms with Crippen LogP contribution in [-0.2, 0) is 25.8 Å². The summed E-state index contributed by atoms with van der Waals surface area (Å²) < 4.78 is 38.3. The van der Waals surface area contributed by atoms with Crippen molar-refractivity contribution < 1.29 is 32.2 Å². The zero-order valence-corrected chi connectivity index (χ0v) is 15.5. The predicted octanol–water partition coefficient (Wildman–Crippen LogP) is 2.18. The zero-order chi connectivity index (χ0) is 19.4. The third-order valence-electron chi connectivity index (χ3n) is 4.02. The van der Waals surface area contributed by atoms with E-state index in [1.807, 2.05) is 12.1 Å². The Morgan fingerprint density at radius 1 is 1.04 bits per heavy atom. The van der Waals surface area contributed by atoms with E-state index in [0.29, 0.717) is 17.9 Å². The van der Waals surface area contributed by atoms with Crippen LogP contribution in [0.25, 0.3) is 0 Å². The first kappa shape index (κ1) is 18.9. The van der Waals surface area contributed by atoms with Crippen LogP contribution in [-0.4, -0.2) is 39.8 Å². The van der Waals surface area contributed by atoms with Gasteiger partial charge < -0.3 is 14.2 Å². The molecule has 2 aromatic rings. The SMILES string of the molecule is CS(=O)(=O)c1ccc(C(=O)COC(=O)CCc2ccc3c(c2)OCO3)cc1. The molecule has 142 valence electrons. The number of esters is 1. The number of rotatable bonds is 7. The van der Waals surface area contributed by atoms with E-state index in [0.717, 1.165) is 11.8 Å². The second-order valence-electron chi connectivity index (χ2n) is 6.07. The van der Waals surface area contributed by atoms with E-state index in [2.05, 4.69) is 0 Å². The van der Waals surface area contributed by atoms with Crippen molar-refractivity contribution in [2.45, 2.75) is 17.7 Å². The molecule has 1 aliphatic heterocycles. The number of hydrogen-bond acceptors (Lipinski definition) is 7. The maximum absolute atomic E-state index is 12.1. The van der Waals surface area contributed by atoms with Crippen molar-refractivity contribution in [2.75, 3.05) is 19.7 Å². The number of carbonyl (C=O) groups is 2. The first-order valence-electron chi connectivity index (χ1n) is 8.20. The van der Waals surface area contributed by atoms with E-state index in [-0.39, 0.29) is 23.7 Å². The summed E-state index contributed by atoms with van der Waals surface area (Å²) in [6.07, 6.45) is 1.67. The highest BCUT2D eigenvalue weighted by molar-refractivity contribution is 7.90. The van der Waals surface area contributed by atoms with Gasteiger partial charge in [-0.25, -0.2) is 8.42 Å². The van der Waals surface area contributed by atoms with Crippen LogP contribution in [0.1, 0.15) is 22.3 Å². The molecule has 0 amide bonds. The van der Waals surface area contributed by atoms with Crippen molar-refractivity contribution in [2.24, 2.45) is 0 Å². The number of sulfone groups is 1. The monoisotopic (exact) mass is 390 g/mol. The van der Waals surface area contributed by atoms with Gasteiger partial charge in [-0.2, -0.15) is 0 Å². The Balaban J connectivity index is 1.48. The van der Waals surface area contributed by atoms with E-state index in [4.69, 9.17) is 14.2 Å². The molecule has 0 aromatic heterocycles. The summed E-state index contributed by atoms with van der Waals surface area (Å²) >= 11 is 0. The molecular weight excluding hydrogens is 372 g/mol. The van der Waals surface area contributed by atoms with Gasteiger partial charge in [-0.05, 0) is 48.4 Å². The lowest BCUT2D eigenvalue weighted by atomic mass is 10.1. The van der Waals surface area contributed by atoms with Crippen LogP contribution in [0, 0.1) is 0 Å². The summed E-state index contributed by atoms with van der Waals surface area (Å²) in [4.78, 5) is 24.0. The molecule has 0 N–H and O–H groups in total. The molecule has 0 saturated carbocycles. The molecule has 1 aliphatic rings. The van der Waals surface area contributed by atoms with Gasteiger partial charge in [0, 0.05) is 18.2 Å². The Labute approximate surface area is 156 Å². The van der Waals surface area contributed by atoms with Crippen LogP contribution >= 0.6 is 0 Å². The number of hydrogen-bond donors (Lipinski definition) is 0. The standard InChI is InChI=1S/C19H18O7S/c1-27(22,23)15-6-4-14(5-7-15)16(20)11-24-19(21)9-3-13-2-8-17-18(10-13)26-12-25-17/h2,4-8,10H,3,9,11-12H2,1H3. The first-order valence-corrected chi connectivity index (χ1v) is 10.1. The Morgan fingerprint density at radius 3 is 2.44 bits per heavy atom. The number of carbonyl (C=O) groups excluding carboxylic acids is 2. The third-order valence-corrected chi connectivity index (χ3v) is 5.15. The van der Waals surface area contributed by atoms with Crippen molar-refractivity contribution in [1.82, 2.24) is 0 Å². The molecule has 0 aliphatic carbocycles. The molecule has 8 heteroatoms. The Kier molecular flexibility index (Phi) is 5.46. The fourth-order valence-corrected chi connectivity index (χ4v) is 3.16. The average molecular weight is 390 g/mol. The highest BCUT2D eigenvalue weighted by atomic mass is 32.2. The van der Waals surface area contributed by atoms with Crippen LogP contribution in [0.3, 0.4) is 0 Å². The minimum absolute atomic E-state index is 0.125. The Morgan fingerprint density at radius 2 is 1.74 bits per heavy atom. The van der Waals surface area contributed by atoms with Gasteiger partial charge in [0.05, 0.1) is 4.90 Å². The number of fused-ring (bicyclic) bond motifs is 1. The smallest absolute Gasteiger partial charge is 0.306 e. The molecule has 3 rings (SSSR count). The van der Waals surface area contributed by atoms with Gasteiger partial charge in [-0.15, -0.1) is 0 Å². The lowest BCUT2D eigenvalue weighted by Crippen LogP contribution is -2.14. The molecule has 0 saturated heterocycles. The van der Waals surface area contributed by atoms with Crippen molar-refractivity contribution in [3.05, 3.63) is 53.6 Å². The number of Topliss-reactive ketones (excluding diaryl/α,β-unsaturated/α-hetero) is 1. The fraction of sp³-hybridized carbons (Fsp3) is 0.263. The van der Waals surface area contributed by atoms with E-state index >= 15 is 0 Å². The van der Waals surface area contributed by atoms with Crippen molar-refractivity contribution in [3.63, 3.8) is 0 Å². The van der Waals surface area contributed by atoms with Crippen LogP contribution in [0.5, 0.6) is 11.5 Å². The highest BCUT2D eigenvalue weighted by Gasteiger charge is 2.15. The van der Waals surface area contributed by atoms with E-state index < -0.39 is 28.2 Å². The average Bonchev–Trinajstić information content (AvgIpc) is 3.11. The number of aryl methyl sites for hydroxylation is 1. The molecule has 0 radical (unpaired) electrons. The van der Waals surface area contributed by atoms with Gasteiger partial charge >= 0.3 is 5.97 Å². The molecule has 0 fully saturated rings. The van der Waals surface area contributed by atoms with Gasteiger partial charge in [0.15, 0.2) is 33.7 Å². The van der Waals surface area contributed by atoms with Crippen LogP contribution < -0.4 is 9.47 Å². The highest BCUT2D eigenvalue weighted by Crippen LogP contribution is 2.32. The largest absolute Gasteiger partial charge is 0.457 e. The molecule has 0 spiro atoms. The summed E-state index contributed by atoms with van der Waals surface area (Å²) in [6, 6.07) is 10.9. The minimum atomic E-state index is -3.32. The Hall–Kier alpha value is -2.87. The third kappa shape index (κ3) is 4.85. The normalized spacial score (nSPS) is 12.6. The van der Waals surface area contributed by atoms with Crippen LogP contribution in [0.2, 0.25) is 0 Å². The minimum Gasteiger partial charge on any atom is -0.457 e. The van der Waals surface area contributed by atoms with Crippen molar-refractivity contribution in [3.8, 4) is 11.5 Å². The number of benzene rings is 2. The second-order valence-corrected chi connectivity index (χ2v) is 8.08. The van der Waals surface area contributed by atoms with Crippen LogP contribution in [0.4, 0.5) is 0 Å². The zero-order valence-electron chi connectivity index (χ0n) is 14.6. The maximum atomic E-state index is 12.1. The molecule has 0 unspecified atom stereocenters.